The molecule has 0 radical (unpaired) electrons. The van der Waals surface area contributed by atoms with Crippen molar-refractivity contribution >= 4 is 11.9 Å². The zero-order chi connectivity index (χ0) is 15.2. The van der Waals surface area contributed by atoms with E-state index < -0.39 is 6.04 Å². The molecule has 1 aromatic heterocycles. The van der Waals surface area contributed by atoms with Crippen LogP contribution in [0.15, 0.2) is 18.3 Å². The van der Waals surface area contributed by atoms with Crippen LogP contribution in [0.4, 0.5) is 0 Å². The average Bonchev–Trinajstić information content (AvgIpc) is 3.01. The highest BCUT2D eigenvalue weighted by atomic mass is 16.5. The Balaban J connectivity index is 2.14. The summed E-state index contributed by atoms with van der Waals surface area (Å²) in [4.78, 5) is 29.7. The van der Waals surface area contributed by atoms with Gasteiger partial charge in [-0.05, 0) is 25.0 Å². The van der Waals surface area contributed by atoms with Gasteiger partial charge in [-0.3, -0.25) is 4.79 Å². The van der Waals surface area contributed by atoms with Crippen molar-refractivity contribution in [2.45, 2.75) is 18.9 Å². The van der Waals surface area contributed by atoms with Gasteiger partial charge in [0.25, 0.3) is 5.91 Å². The third kappa shape index (κ3) is 3.38. The SMILES string of the molecule is COC(=O)C1CCCN1C(=O)c1ccc(C#CCN)cn1. The largest absolute Gasteiger partial charge is 0.467 e. The third-order valence-electron chi connectivity index (χ3n) is 3.30. The number of carbonyl (C=O) groups is 2. The van der Waals surface area contributed by atoms with Crippen molar-refractivity contribution in [3.63, 3.8) is 0 Å². The molecule has 0 aliphatic carbocycles. The zero-order valence-corrected chi connectivity index (χ0v) is 11.8. The lowest BCUT2D eigenvalue weighted by Gasteiger charge is -2.22. The Morgan fingerprint density at radius 3 is 2.95 bits per heavy atom. The van der Waals surface area contributed by atoms with Gasteiger partial charge in [-0.15, -0.1) is 0 Å². The van der Waals surface area contributed by atoms with Gasteiger partial charge in [-0.2, -0.15) is 0 Å². The number of ether oxygens (including phenoxy) is 1. The molecule has 0 aromatic carbocycles. The zero-order valence-electron chi connectivity index (χ0n) is 11.8. The van der Waals surface area contributed by atoms with Crippen molar-refractivity contribution in [1.82, 2.24) is 9.88 Å². The second kappa shape index (κ2) is 6.86. The van der Waals surface area contributed by atoms with E-state index in [1.54, 1.807) is 12.1 Å². The molecule has 1 aromatic rings. The summed E-state index contributed by atoms with van der Waals surface area (Å²) in [6.07, 6.45) is 2.93. The van der Waals surface area contributed by atoms with Crippen molar-refractivity contribution in [2.24, 2.45) is 5.73 Å². The van der Waals surface area contributed by atoms with Crippen molar-refractivity contribution in [3.8, 4) is 11.8 Å². The minimum Gasteiger partial charge on any atom is -0.467 e. The van der Waals surface area contributed by atoms with E-state index in [4.69, 9.17) is 10.5 Å². The molecule has 6 nitrogen and oxygen atoms in total. The molecule has 1 unspecified atom stereocenters. The van der Waals surface area contributed by atoms with Crippen molar-refractivity contribution in [1.29, 1.82) is 0 Å². The Morgan fingerprint density at radius 1 is 1.52 bits per heavy atom. The number of esters is 1. The number of hydrogen-bond acceptors (Lipinski definition) is 5. The molecule has 1 aliphatic heterocycles. The number of methoxy groups -OCH3 is 1. The summed E-state index contributed by atoms with van der Waals surface area (Å²) >= 11 is 0. The van der Waals surface area contributed by atoms with Gasteiger partial charge in [-0.25, -0.2) is 9.78 Å². The molecule has 1 aliphatic rings. The Morgan fingerprint density at radius 2 is 2.33 bits per heavy atom. The second-order valence-electron chi connectivity index (χ2n) is 4.62. The number of rotatable bonds is 2. The van der Waals surface area contributed by atoms with E-state index in [9.17, 15) is 9.59 Å². The normalized spacial score (nSPS) is 17.0. The summed E-state index contributed by atoms with van der Waals surface area (Å²) < 4.78 is 4.73. The molecular weight excluding hydrogens is 270 g/mol. The molecule has 21 heavy (non-hydrogen) atoms. The lowest BCUT2D eigenvalue weighted by Crippen LogP contribution is -2.41. The van der Waals surface area contributed by atoms with Crippen LogP contribution in [0, 0.1) is 11.8 Å². The predicted octanol–water partition coefficient (Wildman–Crippen LogP) is 0.169. The molecule has 2 heterocycles. The fraction of sp³-hybridized carbons (Fsp3) is 0.400. The van der Waals surface area contributed by atoms with Gasteiger partial charge in [0.1, 0.15) is 11.7 Å². The second-order valence-corrected chi connectivity index (χ2v) is 4.62. The molecule has 1 atom stereocenters. The third-order valence-corrected chi connectivity index (χ3v) is 3.30. The lowest BCUT2D eigenvalue weighted by molar-refractivity contribution is -0.145. The first-order valence-corrected chi connectivity index (χ1v) is 6.71. The molecule has 1 amide bonds. The highest BCUT2D eigenvalue weighted by Crippen LogP contribution is 2.20. The first kappa shape index (κ1) is 15.0. The highest BCUT2D eigenvalue weighted by Gasteiger charge is 2.35. The molecule has 1 saturated heterocycles. The number of amides is 1. The number of likely N-dealkylation sites (tertiary alicyclic amines) is 1. The van der Waals surface area contributed by atoms with Gasteiger partial charge in [0, 0.05) is 18.3 Å². The van der Waals surface area contributed by atoms with Crippen LogP contribution in [0.25, 0.3) is 0 Å². The van der Waals surface area contributed by atoms with Crippen molar-refractivity contribution < 1.29 is 14.3 Å². The van der Waals surface area contributed by atoms with Crippen molar-refractivity contribution in [2.75, 3.05) is 20.2 Å². The molecule has 2 rings (SSSR count). The van der Waals surface area contributed by atoms with E-state index >= 15 is 0 Å². The number of pyridine rings is 1. The van der Waals surface area contributed by atoms with Gasteiger partial charge >= 0.3 is 5.97 Å². The minimum absolute atomic E-state index is 0.263. The topological polar surface area (TPSA) is 85.5 Å². The van der Waals surface area contributed by atoms with Crippen molar-refractivity contribution in [3.05, 3.63) is 29.6 Å². The molecule has 0 saturated carbocycles. The average molecular weight is 287 g/mol. The smallest absolute Gasteiger partial charge is 0.328 e. The van der Waals surface area contributed by atoms with E-state index in [2.05, 4.69) is 16.8 Å². The quantitative estimate of drug-likeness (QED) is 0.619. The summed E-state index contributed by atoms with van der Waals surface area (Å²) in [6, 6.07) is 2.81. The Labute approximate surface area is 123 Å². The van der Waals surface area contributed by atoms with E-state index in [0.29, 0.717) is 24.2 Å². The Hall–Kier alpha value is -2.39. The summed E-state index contributed by atoms with van der Waals surface area (Å²) in [5, 5.41) is 0. The molecule has 2 N–H and O–H groups in total. The van der Waals surface area contributed by atoms with E-state index in [1.165, 1.54) is 18.2 Å². The summed E-state index contributed by atoms with van der Waals surface area (Å²) in [5.41, 5.74) is 6.29. The lowest BCUT2D eigenvalue weighted by atomic mass is 10.2. The fourth-order valence-electron chi connectivity index (χ4n) is 2.29. The molecule has 1 fully saturated rings. The Kier molecular flexibility index (Phi) is 4.90. The van der Waals surface area contributed by atoms with Gasteiger partial charge < -0.3 is 15.4 Å². The van der Waals surface area contributed by atoms with Gasteiger partial charge in [0.05, 0.1) is 13.7 Å². The monoisotopic (exact) mass is 287 g/mol. The molecule has 0 spiro atoms. The predicted molar refractivity (Wildman–Crippen MR) is 76.2 cm³/mol. The van der Waals surface area contributed by atoms with Crippen LogP contribution < -0.4 is 5.73 Å². The van der Waals surface area contributed by atoms with Crippen LogP contribution in [0.2, 0.25) is 0 Å². The summed E-state index contributed by atoms with van der Waals surface area (Å²) in [6.45, 7) is 0.810. The van der Waals surface area contributed by atoms with E-state index in [1.807, 2.05) is 0 Å². The number of carbonyl (C=O) groups excluding carboxylic acids is 2. The van der Waals surface area contributed by atoms with Crippen LogP contribution in [-0.2, 0) is 9.53 Å². The van der Waals surface area contributed by atoms with E-state index in [0.717, 1.165) is 6.42 Å². The fourth-order valence-corrected chi connectivity index (χ4v) is 2.29. The molecule has 6 heteroatoms. The molecule has 0 bridgehead atoms. The number of nitrogens with zero attached hydrogens (tertiary/aromatic N) is 2. The summed E-state index contributed by atoms with van der Waals surface area (Å²) in [7, 11) is 1.33. The van der Waals surface area contributed by atoms with Crippen LogP contribution in [-0.4, -0.2) is 48.0 Å². The van der Waals surface area contributed by atoms with Crippen LogP contribution >= 0.6 is 0 Å². The van der Waals surface area contributed by atoms with Crippen LogP contribution in [0.5, 0.6) is 0 Å². The minimum atomic E-state index is -0.513. The van der Waals surface area contributed by atoms with Gasteiger partial charge in [0.2, 0.25) is 0 Å². The van der Waals surface area contributed by atoms with E-state index in [-0.39, 0.29) is 18.4 Å². The van der Waals surface area contributed by atoms with Crippen LogP contribution in [0.3, 0.4) is 0 Å². The highest BCUT2D eigenvalue weighted by molar-refractivity contribution is 5.95. The molecular formula is C15H17N3O3. The maximum Gasteiger partial charge on any atom is 0.328 e. The maximum atomic E-state index is 12.4. The van der Waals surface area contributed by atoms with Crippen LogP contribution in [0.1, 0.15) is 28.9 Å². The maximum absolute atomic E-state index is 12.4. The first-order valence-electron chi connectivity index (χ1n) is 6.71. The van der Waals surface area contributed by atoms with Gasteiger partial charge in [0.15, 0.2) is 0 Å². The number of hydrogen-bond donors (Lipinski definition) is 1. The Bertz CT molecular complexity index is 586. The van der Waals surface area contributed by atoms with Gasteiger partial charge in [-0.1, -0.05) is 11.8 Å². The number of aromatic nitrogens is 1. The summed E-state index contributed by atoms with van der Waals surface area (Å²) in [5.74, 6) is 4.91. The first-order chi connectivity index (χ1) is 10.2. The molecule has 110 valence electrons. The number of nitrogens with two attached hydrogens (primary N) is 1. The standard InChI is InChI=1S/C15H17N3O3/c1-21-15(20)13-5-3-9-18(13)14(19)12-7-6-11(10-17-12)4-2-8-16/h6-7,10,13H,3,5,8-9,16H2,1H3.